The molecule has 0 spiro atoms. The highest BCUT2D eigenvalue weighted by Crippen LogP contribution is 2.21. The Labute approximate surface area is 159 Å². The minimum atomic E-state index is 0. The Bertz CT molecular complexity index is 705. The van der Waals surface area contributed by atoms with E-state index >= 15 is 0 Å². The molecule has 1 aromatic carbocycles. The van der Waals surface area contributed by atoms with Crippen LogP contribution in [-0.2, 0) is 11.2 Å². The van der Waals surface area contributed by atoms with Gasteiger partial charge in [0, 0.05) is 31.5 Å². The number of carbonyl (C=O) groups excluding carboxylic acids is 1. The second-order valence-corrected chi connectivity index (χ2v) is 6.20. The minimum absolute atomic E-state index is 0. The van der Waals surface area contributed by atoms with Gasteiger partial charge in [-0.2, -0.15) is 4.98 Å². The number of ether oxygens (including phenoxy) is 1. The number of benzene rings is 1. The number of aryl methyl sites for hydroxylation is 1. The Hall–Kier alpha value is -2.12. The largest absolute Gasteiger partial charge is 0.494 e. The molecule has 0 saturated carbocycles. The van der Waals surface area contributed by atoms with E-state index in [1.807, 2.05) is 36.1 Å². The van der Waals surface area contributed by atoms with Crippen LogP contribution in [0.1, 0.15) is 25.7 Å². The summed E-state index contributed by atoms with van der Waals surface area (Å²) in [5.74, 6) is 2.36. The van der Waals surface area contributed by atoms with Crippen LogP contribution in [-0.4, -0.2) is 47.2 Å². The van der Waals surface area contributed by atoms with Crippen molar-refractivity contribution in [2.45, 2.75) is 26.2 Å². The van der Waals surface area contributed by atoms with Crippen LogP contribution >= 0.6 is 12.4 Å². The summed E-state index contributed by atoms with van der Waals surface area (Å²) in [6.45, 7) is 4.76. The maximum absolute atomic E-state index is 12.2. The molecule has 1 aliphatic rings. The van der Waals surface area contributed by atoms with Crippen LogP contribution in [0.15, 0.2) is 28.8 Å². The van der Waals surface area contributed by atoms with Crippen LogP contribution in [0.4, 0.5) is 0 Å². The van der Waals surface area contributed by atoms with E-state index in [4.69, 9.17) is 15.0 Å². The van der Waals surface area contributed by atoms with Crippen molar-refractivity contribution in [2.75, 3.05) is 26.2 Å². The fourth-order valence-electron chi connectivity index (χ4n) is 2.96. The van der Waals surface area contributed by atoms with Crippen molar-refractivity contribution in [2.24, 2.45) is 11.7 Å². The minimum Gasteiger partial charge on any atom is -0.494 e. The van der Waals surface area contributed by atoms with E-state index < -0.39 is 0 Å². The average Bonchev–Trinajstić information content (AvgIpc) is 3.30. The van der Waals surface area contributed by atoms with Crippen molar-refractivity contribution in [3.63, 3.8) is 0 Å². The maximum Gasteiger partial charge on any atom is 0.227 e. The van der Waals surface area contributed by atoms with Crippen LogP contribution in [0.5, 0.6) is 5.75 Å². The van der Waals surface area contributed by atoms with Gasteiger partial charge < -0.3 is 19.9 Å². The van der Waals surface area contributed by atoms with E-state index in [2.05, 4.69) is 10.1 Å². The fraction of sp³-hybridized carbons (Fsp3) is 0.500. The van der Waals surface area contributed by atoms with Crippen LogP contribution < -0.4 is 10.5 Å². The number of nitrogens with two attached hydrogens (primary N) is 1. The summed E-state index contributed by atoms with van der Waals surface area (Å²) < 4.78 is 10.7. The predicted molar refractivity (Wildman–Crippen MR) is 100 cm³/mol. The van der Waals surface area contributed by atoms with Gasteiger partial charge in [-0.15, -0.1) is 12.4 Å². The number of likely N-dealkylation sites (tertiary alicyclic amines) is 1. The van der Waals surface area contributed by atoms with Crippen molar-refractivity contribution >= 4 is 18.3 Å². The van der Waals surface area contributed by atoms with Crippen molar-refractivity contribution < 1.29 is 14.1 Å². The quantitative estimate of drug-likeness (QED) is 0.791. The van der Waals surface area contributed by atoms with E-state index in [0.717, 1.165) is 30.8 Å². The molecule has 1 aromatic heterocycles. The molecule has 3 rings (SSSR count). The second kappa shape index (κ2) is 9.54. The zero-order chi connectivity index (χ0) is 17.6. The Morgan fingerprint density at radius 3 is 2.81 bits per heavy atom. The molecule has 26 heavy (non-hydrogen) atoms. The number of carbonyl (C=O) groups is 1. The molecule has 1 aliphatic heterocycles. The molecule has 0 bridgehead atoms. The molecular weight excluding hydrogens is 356 g/mol. The van der Waals surface area contributed by atoms with Gasteiger partial charge in [0.05, 0.1) is 6.61 Å². The molecule has 1 atom stereocenters. The van der Waals surface area contributed by atoms with Crippen molar-refractivity contribution in [1.29, 1.82) is 0 Å². The molecule has 2 N–H and O–H groups in total. The van der Waals surface area contributed by atoms with E-state index in [-0.39, 0.29) is 18.3 Å². The molecule has 0 radical (unpaired) electrons. The number of rotatable bonds is 7. The molecular formula is C18H25ClN4O3. The van der Waals surface area contributed by atoms with Gasteiger partial charge in [0.15, 0.2) is 0 Å². The van der Waals surface area contributed by atoms with Gasteiger partial charge in [-0.05, 0) is 50.1 Å². The van der Waals surface area contributed by atoms with E-state index in [9.17, 15) is 4.79 Å². The molecule has 0 aliphatic carbocycles. The second-order valence-electron chi connectivity index (χ2n) is 6.20. The van der Waals surface area contributed by atoms with Crippen LogP contribution in [0.25, 0.3) is 11.4 Å². The molecule has 7 nitrogen and oxygen atoms in total. The number of amides is 1. The summed E-state index contributed by atoms with van der Waals surface area (Å²) >= 11 is 0. The Balaban J connectivity index is 0.00000243. The van der Waals surface area contributed by atoms with Crippen LogP contribution in [0.3, 0.4) is 0 Å². The third kappa shape index (κ3) is 4.95. The van der Waals surface area contributed by atoms with Crippen LogP contribution in [0, 0.1) is 5.92 Å². The summed E-state index contributed by atoms with van der Waals surface area (Å²) in [7, 11) is 0. The number of hydrogen-bond donors (Lipinski definition) is 1. The van der Waals surface area contributed by atoms with Gasteiger partial charge in [-0.3, -0.25) is 4.79 Å². The summed E-state index contributed by atoms with van der Waals surface area (Å²) in [5.41, 5.74) is 6.52. The molecule has 2 heterocycles. The van der Waals surface area contributed by atoms with Gasteiger partial charge in [0.1, 0.15) is 5.75 Å². The molecule has 1 saturated heterocycles. The highest BCUT2D eigenvalue weighted by molar-refractivity contribution is 5.85. The number of halogens is 1. The monoisotopic (exact) mass is 380 g/mol. The van der Waals surface area contributed by atoms with Gasteiger partial charge in [0.25, 0.3) is 0 Å². The molecule has 142 valence electrons. The van der Waals surface area contributed by atoms with Gasteiger partial charge in [0.2, 0.25) is 17.6 Å². The highest BCUT2D eigenvalue weighted by Gasteiger charge is 2.25. The Morgan fingerprint density at radius 1 is 1.38 bits per heavy atom. The summed E-state index contributed by atoms with van der Waals surface area (Å²) in [6, 6.07) is 7.53. The van der Waals surface area contributed by atoms with Crippen molar-refractivity contribution in [1.82, 2.24) is 15.0 Å². The lowest BCUT2D eigenvalue weighted by atomic mass is 10.1. The summed E-state index contributed by atoms with van der Waals surface area (Å²) in [6.07, 6.45) is 1.82. The first kappa shape index (κ1) is 20.2. The predicted octanol–water partition coefficient (Wildman–Crippen LogP) is 2.30. The average molecular weight is 381 g/mol. The number of aromatic nitrogens is 2. The first-order chi connectivity index (χ1) is 12.2. The van der Waals surface area contributed by atoms with Gasteiger partial charge in [-0.1, -0.05) is 5.16 Å². The van der Waals surface area contributed by atoms with Gasteiger partial charge >= 0.3 is 0 Å². The topological polar surface area (TPSA) is 94.5 Å². The summed E-state index contributed by atoms with van der Waals surface area (Å²) in [4.78, 5) is 18.5. The first-order valence-electron chi connectivity index (χ1n) is 8.73. The third-order valence-corrected chi connectivity index (χ3v) is 4.42. The zero-order valence-electron chi connectivity index (χ0n) is 14.9. The SMILES string of the molecule is CCOc1ccc(-c2noc(CCC(=O)N3CCC(CN)C3)n2)cc1.Cl. The molecule has 8 heteroatoms. The van der Waals surface area contributed by atoms with E-state index in [1.165, 1.54) is 0 Å². The van der Waals surface area contributed by atoms with Crippen molar-refractivity contribution in [3.8, 4) is 17.1 Å². The Morgan fingerprint density at radius 2 is 2.15 bits per heavy atom. The highest BCUT2D eigenvalue weighted by atomic mass is 35.5. The standard InChI is InChI=1S/C18H24N4O3.ClH/c1-2-24-15-5-3-14(4-6-15)18-20-16(25-21-18)7-8-17(23)22-10-9-13(11-19)12-22;/h3-6,13H,2,7-12,19H2,1H3;1H. The number of nitrogens with zero attached hydrogens (tertiary/aromatic N) is 3. The van der Waals surface area contributed by atoms with Gasteiger partial charge in [-0.25, -0.2) is 0 Å². The third-order valence-electron chi connectivity index (χ3n) is 4.42. The maximum atomic E-state index is 12.2. The lowest BCUT2D eigenvalue weighted by Gasteiger charge is -2.15. The smallest absolute Gasteiger partial charge is 0.227 e. The zero-order valence-corrected chi connectivity index (χ0v) is 15.7. The molecule has 1 unspecified atom stereocenters. The number of hydrogen-bond acceptors (Lipinski definition) is 6. The van der Waals surface area contributed by atoms with E-state index in [1.54, 1.807) is 0 Å². The van der Waals surface area contributed by atoms with Crippen molar-refractivity contribution in [3.05, 3.63) is 30.2 Å². The van der Waals surface area contributed by atoms with E-state index in [0.29, 0.717) is 43.6 Å². The first-order valence-corrected chi connectivity index (χ1v) is 8.73. The molecule has 1 amide bonds. The fourth-order valence-corrected chi connectivity index (χ4v) is 2.96. The normalized spacial score (nSPS) is 16.4. The Kier molecular flexibility index (Phi) is 7.41. The molecule has 1 fully saturated rings. The lowest BCUT2D eigenvalue weighted by Crippen LogP contribution is -2.30. The lowest BCUT2D eigenvalue weighted by molar-refractivity contribution is -0.130. The molecule has 2 aromatic rings. The van der Waals surface area contributed by atoms with Crippen LogP contribution in [0.2, 0.25) is 0 Å². The summed E-state index contributed by atoms with van der Waals surface area (Å²) in [5, 5.41) is 3.99.